The van der Waals surface area contributed by atoms with E-state index in [0.29, 0.717) is 6.61 Å². The second-order valence-corrected chi connectivity index (χ2v) is 3.97. The third kappa shape index (κ3) is 6.07. The smallest absolute Gasteiger partial charge is 0.137 e. The van der Waals surface area contributed by atoms with Crippen LogP contribution in [0.25, 0.3) is 0 Å². The van der Waals surface area contributed by atoms with Crippen LogP contribution in [-0.2, 0) is 0 Å². The molecule has 3 nitrogen and oxygen atoms in total. The molecule has 3 heteroatoms. The molecule has 0 aliphatic carbocycles. The number of hydrogen-bond donors (Lipinski definition) is 1. The Bertz CT molecular complexity index is 249. The number of ether oxygens (including phenoxy) is 1. The van der Waals surface area contributed by atoms with Crippen LogP contribution < -0.4 is 10.1 Å². The van der Waals surface area contributed by atoms with Gasteiger partial charge in [0.05, 0.1) is 6.20 Å². The van der Waals surface area contributed by atoms with Gasteiger partial charge in [-0.1, -0.05) is 13.8 Å². The predicted molar refractivity (Wildman–Crippen MR) is 62.1 cm³/mol. The number of pyridine rings is 1. The van der Waals surface area contributed by atoms with E-state index in [-0.39, 0.29) is 0 Å². The molecule has 0 aliphatic rings. The van der Waals surface area contributed by atoms with E-state index in [1.807, 2.05) is 12.1 Å². The first-order valence-electron chi connectivity index (χ1n) is 5.52. The summed E-state index contributed by atoms with van der Waals surface area (Å²) in [5, 5.41) is 3.34. The maximum Gasteiger partial charge on any atom is 0.137 e. The molecular formula is C12H20N2O. The van der Waals surface area contributed by atoms with E-state index < -0.39 is 0 Å². The molecule has 0 aromatic carbocycles. The number of hydrogen-bond acceptors (Lipinski definition) is 3. The molecule has 1 rings (SSSR count). The van der Waals surface area contributed by atoms with Crippen LogP contribution in [0.15, 0.2) is 24.5 Å². The average Bonchev–Trinajstić information content (AvgIpc) is 2.24. The van der Waals surface area contributed by atoms with Gasteiger partial charge in [0, 0.05) is 12.7 Å². The summed E-state index contributed by atoms with van der Waals surface area (Å²) in [6.45, 7) is 7.11. The fourth-order valence-electron chi connectivity index (χ4n) is 1.19. The molecule has 1 heterocycles. The average molecular weight is 208 g/mol. The maximum absolute atomic E-state index is 5.49. The Morgan fingerprint density at radius 1 is 1.40 bits per heavy atom. The highest BCUT2D eigenvalue weighted by Gasteiger charge is 1.94. The summed E-state index contributed by atoms with van der Waals surface area (Å²) in [6, 6.07) is 3.79. The maximum atomic E-state index is 5.49. The van der Waals surface area contributed by atoms with Crippen LogP contribution in [0.3, 0.4) is 0 Å². The zero-order chi connectivity index (χ0) is 10.9. The van der Waals surface area contributed by atoms with E-state index in [0.717, 1.165) is 24.8 Å². The summed E-state index contributed by atoms with van der Waals surface area (Å²) < 4.78 is 5.49. The SMILES string of the molecule is CC(C)CCNCCOc1cccnc1. The highest BCUT2D eigenvalue weighted by atomic mass is 16.5. The van der Waals surface area contributed by atoms with Gasteiger partial charge in [0.1, 0.15) is 12.4 Å². The summed E-state index contributed by atoms with van der Waals surface area (Å²) in [5.41, 5.74) is 0. The van der Waals surface area contributed by atoms with E-state index in [1.54, 1.807) is 12.4 Å². The molecule has 0 atom stereocenters. The van der Waals surface area contributed by atoms with Crippen molar-refractivity contribution in [2.75, 3.05) is 19.7 Å². The van der Waals surface area contributed by atoms with Crippen LogP contribution >= 0.6 is 0 Å². The first kappa shape index (κ1) is 12.0. The Balaban J connectivity index is 1.98. The summed E-state index contributed by atoms with van der Waals surface area (Å²) in [6.07, 6.45) is 4.69. The lowest BCUT2D eigenvalue weighted by Gasteiger charge is -2.08. The Kier molecular flexibility index (Phi) is 5.78. The van der Waals surface area contributed by atoms with Crippen molar-refractivity contribution in [3.8, 4) is 5.75 Å². The van der Waals surface area contributed by atoms with Crippen LogP contribution in [0.1, 0.15) is 20.3 Å². The lowest BCUT2D eigenvalue weighted by atomic mass is 10.1. The quantitative estimate of drug-likeness (QED) is 0.697. The lowest BCUT2D eigenvalue weighted by molar-refractivity contribution is 0.311. The van der Waals surface area contributed by atoms with Crippen LogP contribution in [0.4, 0.5) is 0 Å². The van der Waals surface area contributed by atoms with Gasteiger partial charge in [0.15, 0.2) is 0 Å². The van der Waals surface area contributed by atoms with E-state index in [2.05, 4.69) is 24.1 Å². The number of nitrogens with one attached hydrogen (secondary N) is 1. The standard InChI is InChI=1S/C12H20N2O/c1-11(2)5-7-13-8-9-15-12-4-3-6-14-10-12/h3-4,6,10-11,13H,5,7-9H2,1-2H3. The topological polar surface area (TPSA) is 34.1 Å². The van der Waals surface area contributed by atoms with Crippen molar-refractivity contribution < 1.29 is 4.74 Å². The molecule has 0 amide bonds. The molecule has 0 bridgehead atoms. The molecule has 0 spiro atoms. The molecule has 1 aromatic heterocycles. The monoisotopic (exact) mass is 208 g/mol. The lowest BCUT2D eigenvalue weighted by Crippen LogP contribution is -2.23. The van der Waals surface area contributed by atoms with Crippen molar-refractivity contribution in [3.05, 3.63) is 24.5 Å². The molecule has 0 fully saturated rings. The molecule has 1 N–H and O–H groups in total. The van der Waals surface area contributed by atoms with Gasteiger partial charge in [-0.15, -0.1) is 0 Å². The normalized spacial score (nSPS) is 10.6. The molecule has 0 saturated heterocycles. The largest absolute Gasteiger partial charge is 0.491 e. The summed E-state index contributed by atoms with van der Waals surface area (Å²) >= 11 is 0. The first-order chi connectivity index (χ1) is 7.29. The highest BCUT2D eigenvalue weighted by Crippen LogP contribution is 2.04. The summed E-state index contributed by atoms with van der Waals surface area (Å²) in [7, 11) is 0. The van der Waals surface area contributed by atoms with E-state index in [9.17, 15) is 0 Å². The fourth-order valence-corrected chi connectivity index (χ4v) is 1.19. The Hall–Kier alpha value is -1.09. The van der Waals surface area contributed by atoms with Crippen molar-refractivity contribution in [3.63, 3.8) is 0 Å². The van der Waals surface area contributed by atoms with Crippen molar-refractivity contribution in [1.29, 1.82) is 0 Å². The van der Waals surface area contributed by atoms with Gasteiger partial charge in [-0.05, 0) is 31.0 Å². The van der Waals surface area contributed by atoms with Crippen LogP contribution in [-0.4, -0.2) is 24.7 Å². The Labute approximate surface area is 91.9 Å². The van der Waals surface area contributed by atoms with Gasteiger partial charge < -0.3 is 10.1 Å². The molecular weight excluding hydrogens is 188 g/mol. The highest BCUT2D eigenvalue weighted by molar-refractivity contribution is 5.15. The van der Waals surface area contributed by atoms with Crippen molar-refractivity contribution in [2.45, 2.75) is 20.3 Å². The number of nitrogens with zero attached hydrogens (tertiary/aromatic N) is 1. The van der Waals surface area contributed by atoms with Gasteiger partial charge in [0.2, 0.25) is 0 Å². The molecule has 0 radical (unpaired) electrons. The third-order valence-electron chi connectivity index (χ3n) is 2.08. The van der Waals surface area contributed by atoms with Gasteiger partial charge in [0.25, 0.3) is 0 Å². The molecule has 0 saturated carbocycles. The van der Waals surface area contributed by atoms with Gasteiger partial charge in [-0.2, -0.15) is 0 Å². The van der Waals surface area contributed by atoms with Crippen LogP contribution in [0, 0.1) is 5.92 Å². The minimum absolute atomic E-state index is 0.698. The second-order valence-electron chi connectivity index (χ2n) is 3.97. The molecule has 0 aliphatic heterocycles. The first-order valence-corrected chi connectivity index (χ1v) is 5.52. The number of rotatable bonds is 7. The summed E-state index contributed by atoms with van der Waals surface area (Å²) in [5.74, 6) is 1.60. The molecule has 1 aromatic rings. The minimum Gasteiger partial charge on any atom is -0.491 e. The Morgan fingerprint density at radius 3 is 2.93 bits per heavy atom. The van der Waals surface area contributed by atoms with Crippen molar-refractivity contribution >= 4 is 0 Å². The molecule has 84 valence electrons. The van der Waals surface area contributed by atoms with Gasteiger partial charge >= 0.3 is 0 Å². The van der Waals surface area contributed by atoms with E-state index in [1.165, 1.54) is 6.42 Å². The number of aromatic nitrogens is 1. The van der Waals surface area contributed by atoms with Crippen LogP contribution in [0.2, 0.25) is 0 Å². The van der Waals surface area contributed by atoms with Crippen molar-refractivity contribution in [1.82, 2.24) is 10.3 Å². The second kappa shape index (κ2) is 7.23. The molecule has 0 unspecified atom stereocenters. The van der Waals surface area contributed by atoms with Crippen LogP contribution in [0.5, 0.6) is 5.75 Å². The zero-order valence-corrected chi connectivity index (χ0v) is 9.57. The molecule has 15 heavy (non-hydrogen) atoms. The summed E-state index contributed by atoms with van der Waals surface area (Å²) in [4.78, 5) is 3.98. The Morgan fingerprint density at radius 2 is 2.27 bits per heavy atom. The van der Waals surface area contributed by atoms with Crippen molar-refractivity contribution in [2.24, 2.45) is 5.92 Å². The van der Waals surface area contributed by atoms with Gasteiger partial charge in [-0.25, -0.2) is 0 Å². The third-order valence-corrected chi connectivity index (χ3v) is 2.08. The predicted octanol–water partition coefficient (Wildman–Crippen LogP) is 2.10. The minimum atomic E-state index is 0.698. The van der Waals surface area contributed by atoms with E-state index in [4.69, 9.17) is 4.74 Å². The fraction of sp³-hybridized carbons (Fsp3) is 0.583. The van der Waals surface area contributed by atoms with Gasteiger partial charge in [-0.3, -0.25) is 4.98 Å². The zero-order valence-electron chi connectivity index (χ0n) is 9.57. The van der Waals surface area contributed by atoms with E-state index >= 15 is 0 Å².